The summed E-state index contributed by atoms with van der Waals surface area (Å²) in [4.78, 5) is 41.4. The number of nitrogens with zero attached hydrogens (tertiary/aromatic N) is 2. The van der Waals surface area contributed by atoms with Crippen LogP contribution in [0.1, 0.15) is 23.6 Å². The van der Waals surface area contributed by atoms with Crippen LogP contribution in [0.2, 0.25) is 10.0 Å². The van der Waals surface area contributed by atoms with Crippen molar-refractivity contribution in [3.05, 3.63) is 57.1 Å². The van der Waals surface area contributed by atoms with Crippen LogP contribution in [0, 0.1) is 0 Å². The number of rotatable bonds is 5. The highest BCUT2D eigenvalue weighted by Gasteiger charge is 2.50. The van der Waals surface area contributed by atoms with Crippen molar-refractivity contribution in [3.63, 3.8) is 0 Å². The molecule has 1 N–H and O–H groups in total. The normalized spacial score (nSPS) is 19.9. The van der Waals surface area contributed by atoms with E-state index in [0.717, 1.165) is 16.0 Å². The molecular formula is C23H23Cl2N3O5. The van der Waals surface area contributed by atoms with Gasteiger partial charge in [-0.1, -0.05) is 29.3 Å². The third-order valence-corrected chi connectivity index (χ3v) is 6.66. The third kappa shape index (κ3) is 4.09. The van der Waals surface area contributed by atoms with Gasteiger partial charge in [-0.3, -0.25) is 14.5 Å². The van der Waals surface area contributed by atoms with Gasteiger partial charge in [-0.05, 0) is 48.7 Å². The highest BCUT2D eigenvalue weighted by atomic mass is 35.5. The molecule has 0 spiro atoms. The predicted molar refractivity (Wildman–Crippen MR) is 123 cm³/mol. The summed E-state index contributed by atoms with van der Waals surface area (Å²) in [7, 11) is 3.13. The zero-order valence-electron chi connectivity index (χ0n) is 18.4. The summed E-state index contributed by atoms with van der Waals surface area (Å²) in [5, 5.41) is 3.33. The van der Waals surface area contributed by atoms with Crippen molar-refractivity contribution in [1.29, 1.82) is 0 Å². The van der Waals surface area contributed by atoms with Gasteiger partial charge >= 0.3 is 6.03 Å². The second kappa shape index (κ2) is 8.76. The lowest BCUT2D eigenvalue weighted by atomic mass is 9.92. The van der Waals surface area contributed by atoms with Gasteiger partial charge in [-0.25, -0.2) is 4.79 Å². The number of imide groups is 1. The molecule has 0 saturated carbocycles. The topological polar surface area (TPSA) is 88.2 Å². The Morgan fingerprint density at radius 3 is 2.39 bits per heavy atom. The Bertz CT molecular complexity index is 1160. The SMILES string of the molecule is COc1cc2c(cc1OC)CN(C(=O)CN1C(=O)NC(C)(c3ccc(Cl)cc3Cl)C1=O)CC2. The maximum Gasteiger partial charge on any atom is 0.325 e. The smallest absolute Gasteiger partial charge is 0.325 e. The Hall–Kier alpha value is -2.97. The molecule has 8 nitrogen and oxygen atoms in total. The quantitative estimate of drug-likeness (QED) is 0.647. The fourth-order valence-electron chi connectivity index (χ4n) is 4.25. The molecular weight excluding hydrogens is 469 g/mol. The lowest BCUT2D eigenvalue weighted by molar-refractivity contribution is -0.139. The van der Waals surface area contributed by atoms with E-state index in [-0.39, 0.29) is 17.5 Å². The van der Waals surface area contributed by atoms with Crippen molar-refractivity contribution < 1.29 is 23.9 Å². The molecule has 2 aromatic carbocycles. The molecule has 174 valence electrons. The summed E-state index contributed by atoms with van der Waals surface area (Å²) in [6.07, 6.45) is 0.625. The Morgan fingerprint density at radius 2 is 1.76 bits per heavy atom. The molecule has 0 aromatic heterocycles. The molecule has 4 amide bonds. The van der Waals surface area contributed by atoms with Crippen LogP contribution >= 0.6 is 23.2 Å². The van der Waals surface area contributed by atoms with Crippen LogP contribution in [0.3, 0.4) is 0 Å². The molecule has 0 aliphatic carbocycles. The molecule has 2 aliphatic rings. The summed E-state index contributed by atoms with van der Waals surface area (Å²) in [6.45, 7) is 2.00. The van der Waals surface area contributed by atoms with E-state index in [1.165, 1.54) is 6.07 Å². The number of carbonyl (C=O) groups is 3. The van der Waals surface area contributed by atoms with Crippen LogP contribution in [0.4, 0.5) is 4.79 Å². The molecule has 2 aromatic rings. The van der Waals surface area contributed by atoms with E-state index in [1.807, 2.05) is 12.1 Å². The van der Waals surface area contributed by atoms with Crippen LogP contribution in [-0.2, 0) is 28.1 Å². The third-order valence-electron chi connectivity index (χ3n) is 6.11. The van der Waals surface area contributed by atoms with Gasteiger partial charge in [0.2, 0.25) is 5.91 Å². The summed E-state index contributed by atoms with van der Waals surface area (Å²) < 4.78 is 10.7. The maximum atomic E-state index is 13.2. The number of urea groups is 1. The lowest BCUT2D eigenvalue weighted by Gasteiger charge is -2.30. The van der Waals surface area contributed by atoms with E-state index in [9.17, 15) is 14.4 Å². The minimum atomic E-state index is -1.39. The van der Waals surface area contributed by atoms with Crippen molar-refractivity contribution in [3.8, 4) is 11.5 Å². The van der Waals surface area contributed by atoms with E-state index in [4.69, 9.17) is 32.7 Å². The summed E-state index contributed by atoms with van der Waals surface area (Å²) in [5.74, 6) is 0.338. The Kier molecular flexibility index (Phi) is 6.16. The molecule has 1 fully saturated rings. The molecule has 0 radical (unpaired) electrons. The minimum absolute atomic E-state index is 0.254. The zero-order valence-corrected chi connectivity index (χ0v) is 19.9. The number of carbonyl (C=O) groups excluding carboxylic acids is 3. The van der Waals surface area contributed by atoms with Gasteiger partial charge in [0.25, 0.3) is 5.91 Å². The van der Waals surface area contributed by atoms with Gasteiger partial charge < -0.3 is 19.7 Å². The highest BCUT2D eigenvalue weighted by molar-refractivity contribution is 6.35. The molecule has 1 unspecified atom stereocenters. The van der Waals surface area contributed by atoms with Gasteiger partial charge in [0, 0.05) is 28.7 Å². The second-order valence-corrected chi connectivity index (χ2v) is 8.96. The Labute approximate surface area is 201 Å². The molecule has 1 atom stereocenters. The molecule has 2 aliphatic heterocycles. The Morgan fingerprint density at radius 1 is 1.09 bits per heavy atom. The van der Waals surface area contributed by atoms with E-state index in [1.54, 1.807) is 38.2 Å². The van der Waals surface area contributed by atoms with Crippen molar-refractivity contribution in [1.82, 2.24) is 15.1 Å². The van der Waals surface area contributed by atoms with Crippen molar-refractivity contribution in [2.45, 2.75) is 25.4 Å². The van der Waals surface area contributed by atoms with Gasteiger partial charge in [0.1, 0.15) is 12.1 Å². The molecule has 4 rings (SSSR count). The number of hydrogen-bond acceptors (Lipinski definition) is 5. The molecule has 33 heavy (non-hydrogen) atoms. The molecule has 2 heterocycles. The zero-order chi connectivity index (χ0) is 23.9. The van der Waals surface area contributed by atoms with Crippen LogP contribution in [0.15, 0.2) is 30.3 Å². The maximum absolute atomic E-state index is 13.2. The van der Waals surface area contributed by atoms with E-state index in [2.05, 4.69) is 5.32 Å². The summed E-state index contributed by atoms with van der Waals surface area (Å²) in [5.41, 5.74) is 1.02. The minimum Gasteiger partial charge on any atom is -0.493 e. The number of methoxy groups -OCH3 is 2. The van der Waals surface area contributed by atoms with Gasteiger partial charge in [0.15, 0.2) is 11.5 Å². The monoisotopic (exact) mass is 491 g/mol. The van der Waals surface area contributed by atoms with Crippen molar-refractivity contribution in [2.24, 2.45) is 0 Å². The van der Waals surface area contributed by atoms with Crippen LogP contribution in [-0.4, -0.2) is 55.0 Å². The van der Waals surface area contributed by atoms with E-state index < -0.39 is 17.5 Å². The number of benzene rings is 2. The first-order chi connectivity index (χ1) is 15.7. The largest absolute Gasteiger partial charge is 0.493 e. The second-order valence-electron chi connectivity index (χ2n) is 8.11. The number of nitrogens with one attached hydrogen (secondary N) is 1. The van der Waals surface area contributed by atoms with Gasteiger partial charge in [-0.15, -0.1) is 0 Å². The number of fused-ring (bicyclic) bond motifs is 1. The molecule has 0 bridgehead atoms. The number of amides is 4. The van der Waals surface area contributed by atoms with Crippen molar-refractivity contribution >= 4 is 41.0 Å². The number of hydrogen-bond donors (Lipinski definition) is 1. The summed E-state index contributed by atoms with van der Waals surface area (Å²) >= 11 is 12.2. The standard InChI is InChI=1S/C23H23Cl2N3O5/c1-23(16-5-4-15(24)10-17(16)25)21(30)28(22(31)26-23)12-20(29)27-7-6-13-8-18(32-2)19(33-3)9-14(13)11-27/h4-5,8-10H,6-7,11-12H2,1-3H3,(H,26,31). The van der Waals surface area contributed by atoms with Gasteiger partial charge in [-0.2, -0.15) is 0 Å². The van der Waals surface area contributed by atoms with E-state index in [0.29, 0.717) is 41.6 Å². The molecule has 1 saturated heterocycles. The number of ether oxygens (including phenoxy) is 2. The lowest BCUT2D eigenvalue weighted by Crippen LogP contribution is -2.45. The fourth-order valence-corrected chi connectivity index (χ4v) is 4.85. The summed E-state index contributed by atoms with van der Waals surface area (Å²) in [6, 6.07) is 7.81. The van der Waals surface area contributed by atoms with Gasteiger partial charge in [0.05, 0.1) is 14.2 Å². The highest BCUT2D eigenvalue weighted by Crippen LogP contribution is 2.36. The first-order valence-corrected chi connectivity index (χ1v) is 11.0. The van der Waals surface area contributed by atoms with Crippen LogP contribution in [0.25, 0.3) is 0 Å². The molecule has 10 heteroatoms. The first-order valence-electron chi connectivity index (χ1n) is 10.3. The number of halogens is 2. The Balaban J connectivity index is 1.51. The van der Waals surface area contributed by atoms with Crippen molar-refractivity contribution in [2.75, 3.05) is 27.3 Å². The predicted octanol–water partition coefficient (Wildman–Crippen LogP) is 3.36. The van der Waals surface area contributed by atoms with E-state index >= 15 is 0 Å². The average Bonchev–Trinajstić information content (AvgIpc) is 3.00. The first kappa shape index (κ1) is 23.2. The van der Waals surface area contributed by atoms with Crippen LogP contribution in [0.5, 0.6) is 11.5 Å². The average molecular weight is 492 g/mol. The fraction of sp³-hybridized carbons (Fsp3) is 0.348. The van der Waals surface area contributed by atoms with Crippen LogP contribution < -0.4 is 14.8 Å².